The van der Waals surface area contributed by atoms with Crippen molar-refractivity contribution in [2.24, 2.45) is 0 Å². The number of aromatic nitrogens is 2. The van der Waals surface area contributed by atoms with Crippen molar-refractivity contribution in [1.29, 1.82) is 5.41 Å². The minimum Gasteiger partial charge on any atom is -0.505 e. The standard InChI is InChI=1S/C32H30F3N7O5/c1-15-9-26(47-23-8-6-5-7-18(23)33)37-13-22(15)42-29(36)27(16(2)40-42)28(43)20-10-17-11-24(46-14-25(34)35)21(12-19(17)38-20)41-30(44)32(3,4)39-31(41)45/h5-13,16,25,36,38,40,43H,14H2,1-4H3,(H,39,45). The Balaban J connectivity index is 1.32. The van der Waals surface area contributed by atoms with Crippen LogP contribution in [0.5, 0.6) is 17.4 Å². The van der Waals surface area contributed by atoms with Crippen LogP contribution in [0.4, 0.5) is 29.3 Å². The number of aliphatic hydroxyl groups excluding tert-OH is 1. The number of amides is 3. The molecule has 2 aliphatic rings. The quantitative estimate of drug-likeness (QED) is 0.116. The number of hydrogen-bond donors (Lipinski definition) is 5. The number of aryl methyl sites for hydroxylation is 1. The number of hydrazine groups is 1. The molecule has 12 nitrogen and oxygen atoms in total. The number of nitrogens with zero attached hydrogens (tertiary/aromatic N) is 3. The molecule has 1 unspecified atom stereocenters. The molecule has 3 amide bonds. The number of imide groups is 1. The van der Waals surface area contributed by atoms with Gasteiger partial charge in [-0.1, -0.05) is 12.1 Å². The van der Waals surface area contributed by atoms with E-state index >= 15 is 0 Å². The minimum atomic E-state index is -2.81. The van der Waals surface area contributed by atoms with Crippen LogP contribution in [0.1, 0.15) is 32.0 Å². The molecule has 0 bridgehead atoms. The number of carbonyl (C=O) groups is 2. The second-order valence-corrected chi connectivity index (χ2v) is 11.6. The Labute approximate surface area is 266 Å². The van der Waals surface area contributed by atoms with Crippen molar-refractivity contribution in [1.82, 2.24) is 20.7 Å². The second-order valence-electron chi connectivity index (χ2n) is 11.6. The topological polar surface area (TPSA) is 156 Å². The van der Waals surface area contributed by atoms with Crippen molar-refractivity contribution in [3.8, 4) is 17.4 Å². The van der Waals surface area contributed by atoms with Gasteiger partial charge in [0.05, 0.1) is 34.9 Å². The summed E-state index contributed by atoms with van der Waals surface area (Å²) in [5.41, 5.74) is 3.77. The van der Waals surface area contributed by atoms with Crippen molar-refractivity contribution >= 4 is 45.8 Å². The zero-order valence-electron chi connectivity index (χ0n) is 25.6. The molecule has 2 aromatic carbocycles. The Kier molecular flexibility index (Phi) is 7.79. The number of H-pyrrole nitrogens is 1. The van der Waals surface area contributed by atoms with Crippen LogP contribution in [0, 0.1) is 18.2 Å². The number of benzene rings is 2. The second kappa shape index (κ2) is 11.7. The van der Waals surface area contributed by atoms with Crippen LogP contribution < -0.4 is 30.1 Å². The van der Waals surface area contributed by atoms with Gasteiger partial charge in [0.1, 0.15) is 29.5 Å². The first kappa shape index (κ1) is 31.4. The summed E-state index contributed by atoms with van der Waals surface area (Å²) in [6, 6.07) is 10.6. The van der Waals surface area contributed by atoms with Gasteiger partial charge < -0.3 is 24.9 Å². The Morgan fingerprint density at radius 3 is 2.53 bits per heavy atom. The summed E-state index contributed by atoms with van der Waals surface area (Å²) in [5.74, 6) is -1.45. The van der Waals surface area contributed by atoms with Crippen LogP contribution in [0.25, 0.3) is 16.7 Å². The van der Waals surface area contributed by atoms with Crippen LogP contribution in [0.15, 0.2) is 60.3 Å². The molecule has 1 atom stereocenters. The lowest BCUT2D eigenvalue weighted by Crippen LogP contribution is -2.40. The highest BCUT2D eigenvalue weighted by molar-refractivity contribution is 6.24. The molecule has 4 aromatic rings. The molecule has 2 aliphatic heterocycles. The van der Waals surface area contributed by atoms with Crippen molar-refractivity contribution in [3.05, 3.63) is 77.4 Å². The third kappa shape index (κ3) is 5.69. The Hall–Kier alpha value is -5.57. The highest BCUT2D eigenvalue weighted by atomic mass is 19.3. The number of aliphatic hydroxyl groups is 1. The summed E-state index contributed by atoms with van der Waals surface area (Å²) in [5, 5.41) is 24.8. The maximum Gasteiger partial charge on any atom is 0.329 e. The van der Waals surface area contributed by atoms with E-state index < -0.39 is 42.4 Å². The lowest BCUT2D eigenvalue weighted by atomic mass is 10.1. The number of alkyl halides is 2. The average Bonchev–Trinajstić information content (AvgIpc) is 3.62. The lowest BCUT2D eigenvalue weighted by molar-refractivity contribution is -0.121. The average molecular weight is 650 g/mol. The SMILES string of the molecule is Cc1cc(Oc2ccccc2F)ncc1N1NC(C)C(=C(O)c2cc3cc(OCC(F)F)c(N4C(=O)NC(C)(C)C4=O)cc3[nH]2)C1=N. The largest absolute Gasteiger partial charge is 0.505 e. The molecule has 0 spiro atoms. The van der Waals surface area contributed by atoms with Gasteiger partial charge in [0.25, 0.3) is 12.3 Å². The monoisotopic (exact) mass is 649 g/mol. The fourth-order valence-electron chi connectivity index (χ4n) is 5.44. The van der Waals surface area contributed by atoms with Crippen LogP contribution in [-0.4, -0.2) is 57.5 Å². The van der Waals surface area contributed by atoms with Gasteiger partial charge in [-0.3, -0.25) is 15.2 Å². The Morgan fingerprint density at radius 2 is 1.87 bits per heavy atom. The van der Waals surface area contributed by atoms with Crippen LogP contribution in [0.3, 0.4) is 0 Å². The van der Waals surface area contributed by atoms with E-state index in [1.54, 1.807) is 32.0 Å². The van der Waals surface area contributed by atoms with Gasteiger partial charge in [-0.05, 0) is 63.6 Å². The van der Waals surface area contributed by atoms with Gasteiger partial charge in [0.15, 0.2) is 11.6 Å². The number of amidine groups is 1. The van der Waals surface area contributed by atoms with Gasteiger partial charge in [-0.25, -0.2) is 33.3 Å². The Bertz CT molecular complexity index is 1980. The molecule has 5 N–H and O–H groups in total. The summed E-state index contributed by atoms with van der Waals surface area (Å²) >= 11 is 0. The summed E-state index contributed by atoms with van der Waals surface area (Å²) in [7, 11) is 0. The first-order chi connectivity index (χ1) is 22.2. The number of urea groups is 1. The van der Waals surface area contributed by atoms with E-state index in [0.29, 0.717) is 22.2 Å². The summed E-state index contributed by atoms with van der Waals surface area (Å²) in [6.45, 7) is 5.57. The molecule has 15 heteroatoms. The van der Waals surface area contributed by atoms with E-state index in [9.17, 15) is 27.9 Å². The maximum atomic E-state index is 14.1. The molecule has 0 radical (unpaired) electrons. The van der Waals surface area contributed by atoms with Crippen LogP contribution in [0.2, 0.25) is 0 Å². The summed E-state index contributed by atoms with van der Waals surface area (Å²) in [6.07, 6.45) is -1.35. The normalized spacial score (nSPS) is 18.8. The molecule has 6 rings (SSSR count). The first-order valence-electron chi connectivity index (χ1n) is 14.5. The van der Waals surface area contributed by atoms with Gasteiger partial charge in [-0.15, -0.1) is 0 Å². The molecule has 2 fully saturated rings. The fraction of sp³-hybridized carbons (Fsp3) is 0.250. The number of para-hydroxylation sites is 1. The van der Waals surface area contributed by atoms with Crippen molar-refractivity contribution in [3.63, 3.8) is 0 Å². The number of halogens is 3. The van der Waals surface area contributed by atoms with E-state index in [2.05, 4.69) is 20.7 Å². The van der Waals surface area contributed by atoms with Gasteiger partial charge in [0.2, 0.25) is 5.88 Å². The molecule has 47 heavy (non-hydrogen) atoms. The first-order valence-corrected chi connectivity index (χ1v) is 14.5. The number of aromatic amines is 1. The van der Waals surface area contributed by atoms with E-state index in [1.165, 1.54) is 55.4 Å². The van der Waals surface area contributed by atoms with Crippen molar-refractivity contribution in [2.45, 2.75) is 45.7 Å². The molecular weight excluding hydrogens is 619 g/mol. The molecular formula is C32H30F3N7O5. The zero-order valence-corrected chi connectivity index (χ0v) is 25.6. The molecule has 0 saturated carbocycles. The number of pyridine rings is 1. The van der Waals surface area contributed by atoms with Crippen molar-refractivity contribution < 1.29 is 37.3 Å². The van der Waals surface area contributed by atoms with Crippen LogP contribution >= 0.6 is 0 Å². The van der Waals surface area contributed by atoms with Crippen molar-refractivity contribution in [2.75, 3.05) is 16.5 Å². The highest BCUT2D eigenvalue weighted by Gasteiger charge is 2.46. The van der Waals surface area contributed by atoms with Gasteiger partial charge in [-0.2, -0.15) is 0 Å². The zero-order chi connectivity index (χ0) is 33.8. The third-order valence-electron chi connectivity index (χ3n) is 7.76. The summed E-state index contributed by atoms with van der Waals surface area (Å²) in [4.78, 5) is 33.9. The molecule has 2 aromatic heterocycles. The maximum absolute atomic E-state index is 14.1. The third-order valence-corrected chi connectivity index (χ3v) is 7.76. The molecule has 244 valence electrons. The van der Waals surface area contributed by atoms with E-state index in [4.69, 9.17) is 14.9 Å². The molecule has 2 saturated heterocycles. The molecule has 0 aliphatic carbocycles. The van der Waals surface area contributed by atoms with E-state index in [1.807, 2.05) is 0 Å². The molecule has 4 heterocycles. The van der Waals surface area contributed by atoms with Gasteiger partial charge in [0, 0.05) is 17.0 Å². The van der Waals surface area contributed by atoms with Gasteiger partial charge >= 0.3 is 6.03 Å². The lowest BCUT2D eigenvalue weighted by Gasteiger charge is -2.20. The predicted octanol–water partition coefficient (Wildman–Crippen LogP) is 5.94. The van der Waals surface area contributed by atoms with E-state index in [-0.39, 0.29) is 45.9 Å². The summed E-state index contributed by atoms with van der Waals surface area (Å²) < 4.78 is 51.1. The minimum absolute atomic E-state index is 0.0141. The number of fused-ring (bicyclic) bond motifs is 1. The highest BCUT2D eigenvalue weighted by Crippen LogP contribution is 2.39. The number of carbonyl (C=O) groups excluding carboxylic acids is 2. The predicted molar refractivity (Wildman–Crippen MR) is 168 cm³/mol. The number of anilines is 2. The smallest absolute Gasteiger partial charge is 0.329 e. The fourth-order valence-corrected chi connectivity index (χ4v) is 5.44. The van der Waals surface area contributed by atoms with Crippen LogP contribution in [-0.2, 0) is 4.79 Å². The number of ether oxygens (including phenoxy) is 2. The number of hydrogen-bond acceptors (Lipinski definition) is 8. The van der Waals surface area contributed by atoms with E-state index in [0.717, 1.165) is 4.90 Å². The number of rotatable bonds is 8. The Morgan fingerprint density at radius 1 is 1.13 bits per heavy atom. The number of nitrogens with one attached hydrogen (secondary N) is 4.